The molecule has 0 spiro atoms. The molecule has 3 nitrogen and oxygen atoms in total. The summed E-state index contributed by atoms with van der Waals surface area (Å²) in [5, 5.41) is 4.43. The van der Waals surface area contributed by atoms with Crippen LogP contribution in [-0.2, 0) is 0 Å². The molecule has 0 radical (unpaired) electrons. The lowest BCUT2D eigenvalue weighted by atomic mass is 10.1. The molecule has 5 heteroatoms. The topological polar surface area (TPSA) is 28.2 Å². The lowest BCUT2D eigenvalue weighted by molar-refractivity contribution is 0.556. The summed E-state index contributed by atoms with van der Waals surface area (Å²) in [6.07, 6.45) is 3.07. The molecule has 86 valence electrons. The zero-order valence-corrected chi connectivity index (χ0v) is 10.3. The Balaban J connectivity index is 1.81. The van der Waals surface area contributed by atoms with E-state index in [9.17, 15) is 0 Å². The molecule has 1 aromatic rings. The van der Waals surface area contributed by atoms with Crippen LogP contribution in [0.15, 0.2) is 12.3 Å². The Kier molecular flexibility index (Phi) is 2.70. The van der Waals surface area contributed by atoms with Crippen molar-refractivity contribution in [3.8, 4) is 0 Å². The molecule has 1 N–H and O–H groups in total. The van der Waals surface area contributed by atoms with E-state index in [-0.39, 0.29) is 0 Å². The Hall–Kier alpha value is -0.510. The lowest BCUT2D eigenvalue weighted by Crippen LogP contribution is -2.30. The third kappa shape index (κ3) is 1.77. The van der Waals surface area contributed by atoms with Gasteiger partial charge in [-0.15, -0.1) is 0 Å². The van der Waals surface area contributed by atoms with Crippen LogP contribution in [0.2, 0.25) is 10.2 Å². The second-order valence-electron chi connectivity index (χ2n) is 4.48. The van der Waals surface area contributed by atoms with Crippen LogP contribution in [0.3, 0.4) is 0 Å². The molecule has 1 aromatic heterocycles. The summed E-state index contributed by atoms with van der Waals surface area (Å²) >= 11 is 11.8. The SMILES string of the molecule is Clc1cc(N2C[C@@H]3CCN[C@H]3C2)cnc1Cl. The second-order valence-corrected chi connectivity index (χ2v) is 5.25. The predicted octanol–water partition coefficient (Wildman–Crippen LogP) is 2.19. The highest BCUT2D eigenvalue weighted by Gasteiger charge is 2.36. The molecule has 0 saturated carbocycles. The van der Waals surface area contributed by atoms with Gasteiger partial charge in [0.15, 0.2) is 0 Å². The van der Waals surface area contributed by atoms with E-state index >= 15 is 0 Å². The third-order valence-electron chi connectivity index (χ3n) is 3.51. The number of fused-ring (bicyclic) bond motifs is 1. The summed E-state index contributed by atoms with van der Waals surface area (Å²) in [5.74, 6) is 0.773. The van der Waals surface area contributed by atoms with Crippen molar-refractivity contribution in [1.82, 2.24) is 10.3 Å². The van der Waals surface area contributed by atoms with Gasteiger partial charge in [0, 0.05) is 19.1 Å². The molecule has 0 amide bonds. The first kappa shape index (κ1) is 10.6. The van der Waals surface area contributed by atoms with E-state index in [0.29, 0.717) is 16.2 Å². The first-order valence-electron chi connectivity index (χ1n) is 5.53. The molecule has 2 fully saturated rings. The minimum absolute atomic E-state index is 0.378. The number of nitrogens with zero attached hydrogens (tertiary/aromatic N) is 2. The van der Waals surface area contributed by atoms with Gasteiger partial charge in [-0.3, -0.25) is 0 Å². The maximum Gasteiger partial charge on any atom is 0.147 e. The highest BCUT2D eigenvalue weighted by Crippen LogP contribution is 2.31. The Morgan fingerprint density at radius 1 is 1.38 bits per heavy atom. The van der Waals surface area contributed by atoms with Crippen molar-refractivity contribution in [3.63, 3.8) is 0 Å². The highest BCUT2D eigenvalue weighted by atomic mass is 35.5. The number of aromatic nitrogens is 1. The molecule has 2 aliphatic heterocycles. The first-order valence-corrected chi connectivity index (χ1v) is 6.29. The number of halogens is 2. The fourth-order valence-electron chi connectivity index (χ4n) is 2.64. The van der Waals surface area contributed by atoms with Crippen LogP contribution in [0.1, 0.15) is 6.42 Å². The van der Waals surface area contributed by atoms with E-state index in [2.05, 4.69) is 15.2 Å². The van der Waals surface area contributed by atoms with Crippen molar-refractivity contribution in [2.75, 3.05) is 24.5 Å². The van der Waals surface area contributed by atoms with Gasteiger partial charge >= 0.3 is 0 Å². The van der Waals surface area contributed by atoms with Crippen molar-refractivity contribution in [2.24, 2.45) is 5.92 Å². The van der Waals surface area contributed by atoms with Gasteiger partial charge in [-0.2, -0.15) is 0 Å². The average Bonchev–Trinajstić information content (AvgIpc) is 2.81. The zero-order chi connectivity index (χ0) is 11.1. The smallest absolute Gasteiger partial charge is 0.147 e. The van der Waals surface area contributed by atoms with E-state index in [1.807, 2.05) is 6.07 Å². The molecule has 3 rings (SSSR count). The quantitative estimate of drug-likeness (QED) is 0.782. The number of hydrogen-bond acceptors (Lipinski definition) is 3. The summed E-state index contributed by atoms with van der Waals surface area (Å²) < 4.78 is 0. The summed E-state index contributed by atoms with van der Waals surface area (Å²) in [6.45, 7) is 3.30. The van der Waals surface area contributed by atoms with Crippen LogP contribution in [-0.4, -0.2) is 30.7 Å². The molecule has 3 heterocycles. The molecule has 2 atom stereocenters. The average molecular weight is 258 g/mol. The van der Waals surface area contributed by atoms with E-state index in [4.69, 9.17) is 23.2 Å². The first-order chi connectivity index (χ1) is 7.74. The number of rotatable bonds is 1. The number of anilines is 1. The minimum atomic E-state index is 0.378. The zero-order valence-electron chi connectivity index (χ0n) is 8.79. The molecular formula is C11H13Cl2N3. The minimum Gasteiger partial charge on any atom is -0.368 e. The normalized spacial score (nSPS) is 28.5. The number of hydrogen-bond donors (Lipinski definition) is 1. The molecule has 2 saturated heterocycles. The molecule has 0 unspecified atom stereocenters. The Labute approximate surface area is 105 Å². The van der Waals surface area contributed by atoms with Crippen LogP contribution < -0.4 is 10.2 Å². The molecule has 2 aliphatic rings. The van der Waals surface area contributed by atoms with Gasteiger partial charge in [-0.05, 0) is 24.9 Å². The standard InChI is InChI=1S/C11H13Cl2N3/c12-9-3-8(4-15-11(9)13)16-5-7-1-2-14-10(7)6-16/h3-4,7,10,14H,1-2,5-6H2/t7-,10-/m0/s1. The van der Waals surface area contributed by atoms with Gasteiger partial charge in [-0.25, -0.2) is 4.98 Å². The lowest BCUT2D eigenvalue weighted by Gasteiger charge is -2.19. The fourth-order valence-corrected chi connectivity index (χ4v) is 2.91. The van der Waals surface area contributed by atoms with Crippen molar-refractivity contribution in [2.45, 2.75) is 12.5 Å². The molecule has 0 aliphatic carbocycles. The van der Waals surface area contributed by atoms with E-state index in [1.54, 1.807) is 6.20 Å². The molecule has 16 heavy (non-hydrogen) atoms. The van der Waals surface area contributed by atoms with Crippen LogP contribution in [0.5, 0.6) is 0 Å². The predicted molar refractivity (Wildman–Crippen MR) is 66.4 cm³/mol. The fraction of sp³-hybridized carbons (Fsp3) is 0.545. The van der Waals surface area contributed by atoms with E-state index in [0.717, 1.165) is 31.2 Å². The summed E-state index contributed by atoms with van der Waals surface area (Å²) in [6, 6.07) is 2.53. The summed E-state index contributed by atoms with van der Waals surface area (Å²) in [5.41, 5.74) is 1.07. The Morgan fingerprint density at radius 3 is 3.00 bits per heavy atom. The Morgan fingerprint density at radius 2 is 2.25 bits per heavy atom. The maximum atomic E-state index is 5.98. The summed E-state index contributed by atoms with van der Waals surface area (Å²) in [4.78, 5) is 6.42. The van der Waals surface area contributed by atoms with Gasteiger partial charge in [0.2, 0.25) is 0 Å². The second kappa shape index (κ2) is 4.06. The molecule has 0 bridgehead atoms. The largest absolute Gasteiger partial charge is 0.368 e. The van der Waals surface area contributed by atoms with E-state index in [1.165, 1.54) is 6.42 Å². The van der Waals surface area contributed by atoms with Crippen molar-refractivity contribution in [3.05, 3.63) is 22.4 Å². The van der Waals surface area contributed by atoms with Gasteiger partial charge in [0.1, 0.15) is 5.15 Å². The van der Waals surface area contributed by atoms with Crippen LogP contribution in [0.4, 0.5) is 5.69 Å². The van der Waals surface area contributed by atoms with Gasteiger partial charge in [0.05, 0.1) is 16.9 Å². The van der Waals surface area contributed by atoms with Crippen LogP contribution in [0, 0.1) is 5.92 Å². The van der Waals surface area contributed by atoms with Crippen LogP contribution in [0.25, 0.3) is 0 Å². The van der Waals surface area contributed by atoms with Gasteiger partial charge in [0.25, 0.3) is 0 Å². The van der Waals surface area contributed by atoms with E-state index < -0.39 is 0 Å². The van der Waals surface area contributed by atoms with Crippen molar-refractivity contribution >= 4 is 28.9 Å². The molecule has 0 aromatic carbocycles. The molecular weight excluding hydrogens is 245 g/mol. The van der Waals surface area contributed by atoms with Gasteiger partial charge in [-0.1, -0.05) is 23.2 Å². The Bertz CT molecular complexity index is 398. The monoisotopic (exact) mass is 257 g/mol. The third-order valence-corrected chi connectivity index (χ3v) is 4.20. The van der Waals surface area contributed by atoms with Crippen molar-refractivity contribution in [1.29, 1.82) is 0 Å². The maximum absolute atomic E-state index is 5.98. The van der Waals surface area contributed by atoms with Gasteiger partial charge < -0.3 is 10.2 Å². The highest BCUT2D eigenvalue weighted by molar-refractivity contribution is 6.41. The van der Waals surface area contributed by atoms with Crippen molar-refractivity contribution < 1.29 is 0 Å². The number of pyridine rings is 1. The van der Waals surface area contributed by atoms with Crippen LogP contribution >= 0.6 is 23.2 Å². The number of nitrogens with one attached hydrogen (secondary N) is 1. The summed E-state index contributed by atoms with van der Waals surface area (Å²) in [7, 11) is 0.